The Morgan fingerprint density at radius 3 is 2.58 bits per heavy atom. The number of aromatic nitrogens is 2. The molecule has 24 heavy (non-hydrogen) atoms. The third kappa shape index (κ3) is 2.44. The highest BCUT2D eigenvalue weighted by Gasteiger charge is 2.15. The summed E-state index contributed by atoms with van der Waals surface area (Å²) in [6, 6.07) is 9.93. The molecule has 4 aromatic rings. The maximum absolute atomic E-state index is 12.9. The molecular formula is C18H12Br2N2OS. The topological polar surface area (TPSA) is 34.4 Å². The molecule has 0 amide bonds. The summed E-state index contributed by atoms with van der Waals surface area (Å²) in [5.41, 5.74) is 4.98. The number of imidazole rings is 1. The molecular weight excluding hydrogens is 452 g/mol. The second-order valence-electron chi connectivity index (χ2n) is 5.70. The van der Waals surface area contributed by atoms with Gasteiger partial charge in [-0.25, -0.2) is 9.38 Å². The van der Waals surface area contributed by atoms with Gasteiger partial charge in [0.15, 0.2) is 4.96 Å². The molecule has 0 aliphatic heterocycles. The predicted molar refractivity (Wildman–Crippen MR) is 107 cm³/mol. The largest absolute Gasteiger partial charge is 0.274 e. The molecule has 6 heteroatoms. The average molecular weight is 464 g/mol. The van der Waals surface area contributed by atoms with Crippen molar-refractivity contribution in [2.24, 2.45) is 0 Å². The molecule has 0 fully saturated rings. The SMILES string of the molecule is Cc1cc2c(nc3s/c(=C/c4ccc(Br)cc4)c(=O)n32)c(Br)c1C. The lowest BCUT2D eigenvalue weighted by atomic mass is 10.1. The van der Waals surface area contributed by atoms with Gasteiger partial charge in [0.05, 0.1) is 10.0 Å². The van der Waals surface area contributed by atoms with Gasteiger partial charge in [-0.05, 0) is 70.7 Å². The maximum atomic E-state index is 12.9. The number of nitrogens with zero attached hydrogens (tertiary/aromatic N) is 2. The van der Waals surface area contributed by atoms with Gasteiger partial charge >= 0.3 is 0 Å². The van der Waals surface area contributed by atoms with Gasteiger partial charge in [0.25, 0.3) is 5.56 Å². The summed E-state index contributed by atoms with van der Waals surface area (Å²) < 4.78 is 4.38. The van der Waals surface area contributed by atoms with Gasteiger partial charge in [-0.1, -0.05) is 39.4 Å². The molecule has 2 aromatic carbocycles. The summed E-state index contributed by atoms with van der Waals surface area (Å²) in [6.45, 7) is 4.10. The van der Waals surface area contributed by atoms with E-state index in [0.29, 0.717) is 4.53 Å². The van der Waals surface area contributed by atoms with Crippen LogP contribution >= 0.6 is 43.2 Å². The lowest BCUT2D eigenvalue weighted by molar-refractivity contribution is 1.18. The molecule has 0 atom stereocenters. The molecule has 0 radical (unpaired) electrons. The van der Waals surface area contributed by atoms with Gasteiger partial charge in [-0.2, -0.15) is 0 Å². The Bertz CT molecular complexity index is 1210. The van der Waals surface area contributed by atoms with E-state index in [1.165, 1.54) is 11.3 Å². The molecule has 120 valence electrons. The third-order valence-electron chi connectivity index (χ3n) is 4.15. The predicted octanol–water partition coefficient (Wildman–Crippen LogP) is 4.60. The first-order valence-electron chi connectivity index (χ1n) is 7.33. The standard InChI is InChI=1S/C18H12Br2N2OS/c1-9-7-13-16(15(20)10(9)2)21-18-22(13)17(23)14(24-18)8-11-3-5-12(19)6-4-11/h3-8H,1-2H3/b14-8+. The number of thiazole rings is 1. The normalized spacial score (nSPS) is 12.6. The molecule has 0 spiro atoms. The van der Waals surface area contributed by atoms with Crippen LogP contribution in [0.1, 0.15) is 16.7 Å². The number of aryl methyl sites for hydroxylation is 1. The van der Waals surface area contributed by atoms with Crippen LogP contribution in [0, 0.1) is 13.8 Å². The monoisotopic (exact) mass is 462 g/mol. The quantitative estimate of drug-likeness (QED) is 0.413. The molecule has 0 unspecified atom stereocenters. The van der Waals surface area contributed by atoms with Crippen molar-refractivity contribution in [2.75, 3.05) is 0 Å². The van der Waals surface area contributed by atoms with E-state index < -0.39 is 0 Å². The van der Waals surface area contributed by atoms with Gasteiger partial charge in [0.1, 0.15) is 5.52 Å². The highest BCUT2D eigenvalue weighted by Crippen LogP contribution is 2.30. The first-order valence-corrected chi connectivity index (χ1v) is 9.74. The minimum absolute atomic E-state index is 0.0180. The zero-order valence-corrected chi connectivity index (χ0v) is 16.9. The van der Waals surface area contributed by atoms with Crippen molar-refractivity contribution in [2.45, 2.75) is 13.8 Å². The van der Waals surface area contributed by atoms with Crippen LogP contribution in [-0.2, 0) is 0 Å². The average Bonchev–Trinajstić information content (AvgIpc) is 3.05. The zero-order valence-electron chi connectivity index (χ0n) is 12.9. The van der Waals surface area contributed by atoms with Crippen LogP contribution in [0.3, 0.4) is 0 Å². The highest BCUT2D eigenvalue weighted by molar-refractivity contribution is 9.11. The van der Waals surface area contributed by atoms with E-state index in [-0.39, 0.29) is 5.56 Å². The summed E-state index contributed by atoms with van der Waals surface area (Å²) in [5.74, 6) is 0. The molecule has 4 rings (SSSR count). The van der Waals surface area contributed by atoms with Crippen LogP contribution in [0.4, 0.5) is 0 Å². The lowest BCUT2D eigenvalue weighted by Gasteiger charge is -2.03. The number of hydrogen-bond acceptors (Lipinski definition) is 3. The van der Waals surface area contributed by atoms with Crippen molar-refractivity contribution < 1.29 is 0 Å². The molecule has 0 N–H and O–H groups in total. The van der Waals surface area contributed by atoms with E-state index in [0.717, 1.165) is 41.6 Å². The van der Waals surface area contributed by atoms with Gasteiger partial charge < -0.3 is 0 Å². The fourth-order valence-electron chi connectivity index (χ4n) is 2.69. The van der Waals surface area contributed by atoms with Crippen LogP contribution in [0.5, 0.6) is 0 Å². The molecule has 0 bridgehead atoms. The van der Waals surface area contributed by atoms with Crippen molar-refractivity contribution in [1.29, 1.82) is 0 Å². The molecule has 0 aliphatic rings. The van der Waals surface area contributed by atoms with Crippen LogP contribution in [-0.4, -0.2) is 9.38 Å². The summed E-state index contributed by atoms with van der Waals surface area (Å²) in [6.07, 6.45) is 1.91. The van der Waals surface area contributed by atoms with E-state index in [1.807, 2.05) is 43.3 Å². The molecule has 2 aromatic heterocycles. The fraction of sp³-hybridized carbons (Fsp3) is 0.111. The maximum Gasteiger partial charge on any atom is 0.274 e. The van der Waals surface area contributed by atoms with Gasteiger partial charge in [-0.15, -0.1) is 0 Å². The van der Waals surface area contributed by atoms with Crippen molar-refractivity contribution >= 4 is 65.3 Å². The fourth-order valence-corrected chi connectivity index (χ4v) is 4.54. The highest BCUT2D eigenvalue weighted by atomic mass is 79.9. The molecule has 0 saturated heterocycles. The number of fused-ring (bicyclic) bond motifs is 3. The van der Waals surface area contributed by atoms with Crippen LogP contribution < -0.4 is 10.1 Å². The Balaban J connectivity index is 2.03. The number of hydrogen-bond donors (Lipinski definition) is 0. The number of benzene rings is 2. The lowest BCUT2D eigenvalue weighted by Crippen LogP contribution is -2.22. The smallest absolute Gasteiger partial charge is 0.267 e. The Morgan fingerprint density at radius 2 is 1.88 bits per heavy atom. The molecule has 2 heterocycles. The van der Waals surface area contributed by atoms with Crippen LogP contribution in [0.2, 0.25) is 0 Å². The molecule has 3 nitrogen and oxygen atoms in total. The van der Waals surface area contributed by atoms with Gasteiger partial charge in [0.2, 0.25) is 0 Å². The second-order valence-corrected chi connectivity index (χ2v) is 8.42. The number of halogens is 2. The zero-order chi connectivity index (χ0) is 17.0. The van der Waals surface area contributed by atoms with E-state index in [2.05, 4.69) is 43.8 Å². The minimum atomic E-state index is -0.0180. The van der Waals surface area contributed by atoms with E-state index in [1.54, 1.807) is 4.40 Å². The van der Waals surface area contributed by atoms with E-state index in [9.17, 15) is 4.79 Å². The number of rotatable bonds is 1. The van der Waals surface area contributed by atoms with E-state index >= 15 is 0 Å². The Hall–Kier alpha value is -1.50. The Morgan fingerprint density at radius 1 is 1.17 bits per heavy atom. The third-order valence-corrected chi connectivity index (χ3v) is 6.61. The minimum Gasteiger partial charge on any atom is -0.267 e. The molecule has 0 aliphatic carbocycles. The summed E-state index contributed by atoms with van der Waals surface area (Å²) >= 11 is 8.45. The summed E-state index contributed by atoms with van der Waals surface area (Å²) in [5, 5.41) is 0. The van der Waals surface area contributed by atoms with Gasteiger partial charge in [-0.3, -0.25) is 4.79 Å². The van der Waals surface area contributed by atoms with Crippen molar-refractivity contribution in [3.05, 3.63) is 70.9 Å². The van der Waals surface area contributed by atoms with Crippen LogP contribution in [0.25, 0.3) is 22.1 Å². The summed E-state index contributed by atoms with van der Waals surface area (Å²) in [4.78, 5) is 18.2. The second kappa shape index (κ2) is 5.79. The first kappa shape index (κ1) is 16.0. The van der Waals surface area contributed by atoms with Crippen LogP contribution in [0.15, 0.2) is 44.1 Å². The molecule has 0 saturated carbocycles. The summed E-state index contributed by atoms with van der Waals surface area (Å²) in [7, 11) is 0. The van der Waals surface area contributed by atoms with Crippen molar-refractivity contribution in [1.82, 2.24) is 9.38 Å². The van der Waals surface area contributed by atoms with Gasteiger partial charge in [0, 0.05) is 8.95 Å². The Kier molecular flexibility index (Phi) is 3.86. The van der Waals surface area contributed by atoms with Crippen molar-refractivity contribution in [3.63, 3.8) is 0 Å². The van der Waals surface area contributed by atoms with Crippen molar-refractivity contribution in [3.8, 4) is 0 Å². The Labute approximate surface area is 158 Å². The van der Waals surface area contributed by atoms with E-state index in [4.69, 9.17) is 0 Å². The first-order chi connectivity index (χ1) is 11.5.